The molecule has 0 amide bonds. The summed E-state index contributed by atoms with van der Waals surface area (Å²) in [4.78, 5) is 0. The van der Waals surface area contributed by atoms with E-state index in [9.17, 15) is 21.6 Å². The van der Waals surface area contributed by atoms with E-state index in [1.54, 1.807) is 11.8 Å². The minimum atomic E-state index is -3.90. The highest BCUT2D eigenvalue weighted by Crippen LogP contribution is 2.52. The summed E-state index contributed by atoms with van der Waals surface area (Å²) in [6.45, 7) is 0.274. The number of nitrogens with one attached hydrogen (secondary N) is 1. The predicted octanol–water partition coefficient (Wildman–Crippen LogP) is 8.20. The number of rotatable bonds is 13. The van der Waals surface area contributed by atoms with Crippen molar-refractivity contribution in [1.82, 2.24) is 9.03 Å². The van der Waals surface area contributed by atoms with E-state index < -0.39 is 38.4 Å². The van der Waals surface area contributed by atoms with Crippen LogP contribution in [0.4, 0.5) is 13.2 Å². The molecule has 1 aliphatic heterocycles. The van der Waals surface area contributed by atoms with E-state index in [2.05, 4.69) is 41.1 Å². The summed E-state index contributed by atoms with van der Waals surface area (Å²) >= 11 is 1.72. The van der Waals surface area contributed by atoms with Crippen molar-refractivity contribution in [3.05, 3.63) is 143 Å². The van der Waals surface area contributed by atoms with Gasteiger partial charge in [0.2, 0.25) is 0 Å². The van der Waals surface area contributed by atoms with E-state index in [0.29, 0.717) is 24.9 Å². The Hall–Kier alpha value is -3.15. The van der Waals surface area contributed by atoms with Crippen molar-refractivity contribution >= 4 is 22.0 Å². The first-order chi connectivity index (χ1) is 23.3. The van der Waals surface area contributed by atoms with Crippen molar-refractivity contribution in [2.75, 3.05) is 19.7 Å². The molecule has 0 unspecified atom stereocenters. The summed E-state index contributed by atoms with van der Waals surface area (Å²) in [6, 6.07) is 31.5. The summed E-state index contributed by atoms with van der Waals surface area (Å²) in [7, 11) is -3.90. The van der Waals surface area contributed by atoms with Crippen LogP contribution in [0.3, 0.4) is 0 Å². The molecule has 0 aromatic heterocycles. The highest BCUT2D eigenvalue weighted by atomic mass is 32.2. The lowest BCUT2D eigenvalue weighted by atomic mass is 9.84. The Morgan fingerprint density at radius 3 is 1.88 bits per heavy atom. The van der Waals surface area contributed by atoms with E-state index in [4.69, 9.17) is 4.74 Å². The molecule has 0 spiro atoms. The van der Waals surface area contributed by atoms with E-state index in [1.807, 2.05) is 54.6 Å². The highest BCUT2D eigenvalue weighted by Gasteiger charge is 2.46. The van der Waals surface area contributed by atoms with Gasteiger partial charge in [-0.1, -0.05) is 110 Å². The van der Waals surface area contributed by atoms with Crippen LogP contribution in [0, 0.1) is 23.4 Å². The molecule has 2 aliphatic rings. The maximum atomic E-state index is 14.4. The van der Waals surface area contributed by atoms with Crippen LogP contribution in [0.2, 0.25) is 0 Å². The lowest BCUT2D eigenvalue weighted by Gasteiger charge is -2.37. The number of halogens is 3. The monoisotopic (exact) mass is 694 g/mol. The number of benzene rings is 4. The van der Waals surface area contributed by atoms with E-state index in [-0.39, 0.29) is 30.6 Å². The maximum absolute atomic E-state index is 14.4. The SMILES string of the molecule is O=S(=O)(NCC1CCCCC1)N1C[C@H](SC(c2ccccc2)(c2ccccc2)c2ccccc2)C[C@H]1COCc1cc(F)c(F)cc1F. The molecule has 4 aromatic carbocycles. The Morgan fingerprint density at radius 1 is 0.771 bits per heavy atom. The lowest BCUT2D eigenvalue weighted by molar-refractivity contribution is 0.0849. The quantitative estimate of drug-likeness (QED) is 0.113. The summed E-state index contributed by atoms with van der Waals surface area (Å²) in [5.74, 6) is -3.05. The van der Waals surface area contributed by atoms with Crippen molar-refractivity contribution in [2.24, 2.45) is 5.92 Å². The lowest BCUT2D eigenvalue weighted by Crippen LogP contribution is -2.46. The van der Waals surface area contributed by atoms with E-state index in [0.717, 1.165) is 48.4 Å². The second-order valence-electron chi connectivity index (χ2n) is 12.7. The van der Waals surface area contributed by atoms with Crippen molar-refractivity contribution < 1.29 is 26.3 Å². The minimum Gasteiger partial charge on any atom is -0.375 e. The molecule has 1 saturated carbocycles. The Labute approximate surface area is 286 Å². The Morgan fingerprint density at radius 2 is 1.31 bits per heavy atom. The molecule has 2 atom stereocenters. The van der Waals surface area contributed by atoms with Crippen LogP contribution in [-0.4, -0.2) is 43.7 Å². The minimum absolute atomic E-state index is 0.0329. The van der Waals surface area contributed by atoms with Gasteiger partial charge in [0.1, 0.15) is 5.82 Å². The third kappa shape index (κ3) is 7.84. The molecule has 0 radical (unpaired) electrons. The Bertz CT molecular complexity index is 1640. The van der Waals surface area contributed by atoms with Gasteiger partial charge in [-0.05, 0) is 47.9 Å². The topological polar surface area (TPSA) is 58.6 Å². The van der Waals surface area contributed by atoms with Gasteiger partial charge >= 0.3 is 0 Å². The average molecular weight is 695 g/mol. The highest BCUT2D eigenvalue weighted by molar-refractivity contribution is 8.01. The van der Waals surface area contributed by atoms with E-state index >= 15 is 0 Å². The molecule has 1 aliphatic carbocycles. The number of thioether (sulfide) groups is 1. The van der Waals surface area contributed by atoms with Gasteiger partial charge in [-0.3, -0.25) is 0 Å². The molecule has 1 saturated heterocycles. The zero-order valence-electron chi connectivity index (χ0n) is 26.7. The van der Waals surface area contributed by atoms with Crippen molar-refractivity contribution in [3.63, 3.8) is 0 Å². The zero-order valence-corrected chi connectivity index (χ0v) is 28.4. The molecule has 1 N–H and O–H groups in total. The average Bonchev–Trinajstić information content (AvgIpc) is 3.53. The summed E-state index contributed by atoms with van der Waals surface area (Å²) < 4.78 is 79.3. The molecule has 10 heteroatoms. The largest absolute Gasteiger partial charge is 0.375 e. The molecule has 2 fully saturated rings. The summed E-state index contributed by atoms with van der Waals surface area (Å²) in [5, 5.41) is -0.148. The first-order valence-corrected chi connectivity index (χ1v) is 18.9. The third-order valence-corrected chi connectivity index (χ3v) is 12.8. The van der Waals surface area contributed by atoms with E-state index in [1.165, 1.54) is 10.7 Å². The van der Waals surface area contributed by atoms with Crippen LogP contribution in [0.1, 0.15) is 60.8 Å². The zero-order chi connectivity index (χ0) is 33.6. The van der Waals surface area contributed by atoms with Crippen LogP contribution in [-0.2, 0) is 26.3 Å². The smallest absolute Gasteiger partial charge is 0.279 e. The molecule has 4 aromatic rings. The van der Waals surface area contributed by atoms with Gasteiger partial charge in [0, 0.05) is 30.0 Å². The molecule has 6 rings (SSSR count). The Balaban J connectivity index is 1.30. The van der Waals surface area contributed by atoms with Gasteiger partial charge in [0.15, 0.2) is 11.6 Å². The summed E-state index contributed by atoms with van der Waals surface area (Å²) in [6.07, 6.45) is 5.86. The van der Waals surface area contributed by atoms with Gasteiger partial charge in [-0.25, -0.2) is 17.9 Å². The first kappa shape index (κ1) is 34.7. The number of hydrogen-bond acceptors (Lipinski definition) is 4. The van der Waals surface area contributed by atoms with Crippen molar-refractivity contribution in [2.45, 2.75) is 61.2 Å². The maximum Gasteiger partial charge on any atom is 0.279 e. The molecule has 254 valence electrons. The van der Waals surface area contributed by atoms with Crippen LogP contribution in [0.5, 0.6) is 0 Å². The fourth-order valence-electron chi connectivity index (χ4n) is 7.03. The second kappa shape index (κ2) is 15.6. The first-order valence-electron chi connectivity index (χ1n) is 16.6. The van der Waals surface area contributed by atoms with Crippen LogP contribution in [0.15, 0.2) is 103 Å². The number of nitrogens with zero attached hydrogens (tertiary/aromatic N) is 1. The van der Waals surface area contributed by atoms with Gasteiger partial charge in [0.05, 0.1) is 24.0 Å². The van der Waals surface area contributed by atoms with Crippen molar-refractivity contribution in [1.29, 1.82) is 0 Å². The van der Waals surface area contributed by atoms with Crippen LogP contribution in [0.25, 0.3) is 0 Å². The third-order valence-electron chi connectivity index (χ3n) is 9.46. The predicted molar refractivity (Wildman–Crippen MR) is 185 cm³/mol. The van der Waals surface area contributed by atoms with Gasteiger partial charge < -0.3 is 4.74 Å². The molecule has 48 heavy (non-hydrogen) atoms. The van der Waals surface area contributed by atoms with Crippen LogP contribution < -0.4 is 4.72 Å². The fourth-order valence-corrected chi connectivity index (χ4v) is 10.5. The normalized spacial score (nSPS) is 19.5. The second-order valence-corrected chi connectivity index (χ2v) is 15.9. The van der Waals surface area contributed by atoms with Gasteiger partial charge in [0.25, 0.3) is 10.2 Å². The molecule has 5 nitrogen and oxygen atoms in total. The number of hydrogen-bond donors (Lipinski definition) is 1. The van der Waals surface area contributed by atoms with Crippen LogP contribution >= 0.6 is 11.8 Å². The fraction of sp³-hybridized carbons (Fsp3) is 0.368. The molecular formula is C38H41F3N2O3S2. The van der Waals surface area contributed by atoms with Crippen molar-refractivity contribution in [3.8, 4) is 0 Å². The number of ether oxygens (including phenoxy) is 1. The summed E-state index contributed by atoms with van der Waals surface area (Å²) in [5.41, 5.74) is 3.10. The molecular weight excluding hydrogens is 654 g/mol. The molecule has 1 heterocycles. The van der Waals surface area contributed by atoms with Gasteiger partial charge in [-0.15, -0.1) is 11.8 Å². The Kier molecular flexibility index (Phi) is 11.3. The molecule has 0 bridgehead atoms. The van der Waals surface area contributed by atoms with Gasteiger partial charge in [-0.2, -0.15) is 12.7 Å². The standard InChI is InChI=1S/C38H41F3N2O3S2/c39-35-23-37(41)36(40)21-29(35)26-46-27-33-22-34(25-43(33)48(44,45)42-24-28-13-5-1-6-14-28)47-38(30-15-7-2-8-16-30,31-17-9-3-10-18-31)32-19-11-4-12-20-32/h2-4,7-12,15-21,23,28,33-34,42H,1,5-6,13-14,22,24-27H2/t33-,34+/m0/s1.